The van der Waals surface area contributed by atoms with E-state index >= 15 is 0 Å². The third kappa shape index (κ3) is 3.45. The number of thiophene rings is 1. The van der Waals surface area contributed by atoms with Crippen LogP contribution in [0.25, 0.3) is 0 Å². The Morgan fingerprint density at radius 3 is 2.60 bits per heavy atom. The normalized spacial score (nSPS) is 15.3. The van der Waals surface area contributed by atoms with Crippen LogP contribution in [0.3, 0.4) is 0 Å². The van der Waals surface area contributed by atoms with Crippen LogP contribution in [0, 0.1) is 5.92 Å². The predicted octanol–water partition coefficient (Wildman–Crippen LogP) is 4.86. The van der Waals surface area contributed by atoms with E-state index in [0.717, 1.165) is 15.4 Å². The highest BCUT2D eigenvalue weighted by atomic mass is 79.9. The molecule has 1 aromatic heterocycles. The largest absolute Gasteiger partial charge is 0.309 e. The molecule has 1 rings (SSSR count). The van der Waals surface area contributed by atoms with E-state index in [1.54, 1.807) is 11.3 Å². The molecule has 1 nitrogen and oxygen atoms in total. The van der Waals surface area contributed by atoms with Crippen LogP contribution < -0.4 is 5.32 Å². The Bertz CT molecular complexity index is 294. The van der Waals surface area contributed by atoms with Crippen molar-refractivity contribution in [3.05, 3.63) is 19.8 Å². The van der Waals surface area contributed by atoms with Crippen molar-refractivity contribution in [1.29, 1.82) is 0 Å². The molecule has 4 heteroatoms. The number of hydrogen-bond donors (Lipinski definition) is 1. The summed E-state index contributed by atoms with van der Waals surface area (Å²) >= 11 is 11.2. The third-order valence-corrected chi connectivity index (χ3v) is 5.17. The van der Waals surface area contributed by atoms with Crippen LogP contribution in [0.4, 0.5) is 0 Å². The predicted molar refractivity (Wildman–Crippen MR) is 72.9 cm³/mol. The van der Waals surface area contributed by atoms with E-state index in [4.69, 9.17) is 11.6 Å². The number of hydrogen-bond acceptors (Lipinski definition) is 2. The summed E-state index contributed by atoms with van der Waals surface area (Å²) in [5.41, 5.74) is 0. The summed E-state index contributed by atoms with van der Waals surface area (Å²) in [6.07, 6.45) is 1.17. The molecule has 15 heavy (non-hydrogen) atoms. The quantitative estimate of drug-likeness (QED) is 0.819. The van der Waals surface area contributed by atoms with Gasteiger partial charge < -0.3 is 5.32 Å². The van der Waals surface area contributed by atoms with Gasteiger partial charge in [-0.25, -0.2) is 0 Å². The average Bonchev–Trinajstić information content (AvgIpc) is 2.54. The Balaban J connectivity index is 2.88. The fourth-order valence-electron chi connectivity index (χ4n) is 1.55. The van der Waals surface area contributed by atoms with Gasteiger partial charge in [0.1, 0.15) is 4.34 Å². The smallest absolute Gasteiger partial charge is 0.107 e. The van der Waals surface area contributed by atoms with Crippen molar-refractivity contribution in [2.24, 2.45) is 5.92 Å². The molecule has 2 unspecified atom stereocenters. The third-order valence-electron chi connectivity index (χ3n) is 2.61. The molecule has 1 aromatic rings. The summed E-state index contributed by atoms with van der Waals surface area (Å²) in [4.78, 5) is 1.32. The molecule has 0 saturated carbocycles. The lowest BCUT2D eigenvalue weighted by Gasteiger charge is -2.22. The van der Waals surface area contributed by atoms with Gasteiger partial charge in [-0.1, -0.05) is 38.8 Å². The van der Waals surface area contributed by atoms with Gasteiger partial charge >= 0.3 is 0 Å². The summed E-state index contributed by atoms with van der Waals surface area (Å²) < 4.78 is 1.85. The molecular formula is C11H17BrClNS. The minimum absolute atomic E-state index is 0.425. The van der Waals surface area contributed by atoms with Crippen LogP contribution in [-0.4, -0.2) is 6.54 Å². The highest BCUT2D eigenvalue weighted by molar-refractivity contribution is 9.10. The van der Waals surface area contributed by atoms with E-state index in [-0.39, 0.29) is 0 Å². The zero-order chi connectivity index (χ0) is 11.4. The first-order chi connectivity index (χ1) is 7.10. The van der Waals surface area contributed by atoms with E-state index in [1.807, 2.05) is 0 Å². The van der Waals surface area contributed by atoms with E-state index in [9.17, 15) is 0 Å². The van der Waals surface area contributed by atoms with E-state index < -0.39 is 0 Å². The molecule has 0 radical (unpaired) electrons. The second-order valence-electron chi connectivity index (χ2n) is 3.69. The number of halogens is 2. The first-order valence-electron chi connectivity index (χ1n) is 5.28. The lowest BCUT2D eigenvalue weighted by Crippen LogP contribution is -2.25. The Kier molecular flexibility index (Phi) is 5.61. The molecule has 0 aliphatic heterocycles. The van der Waals surface area contributed by atoms with Gasteiger partial charge in [0, 0.05) is 15.4 Å². The molecule has 2 atom stereocenters. The first-order valence-corrected chi connectivity index (χ1v) is 7.27. The Morgan fingerprint density at radius 1 is 1.53 bits per heavy atom. The van der Waals surface area contributed by atoms with Gasteiger partial charge in [-0.05, 0) is 34.5 Å². The number of rotatable bonds is 5. The van der Waals surface area contributed by atoms with Gasteiger partial charge in [0.05, 0.1) is 0 Å². The first kappa shape index (κ1) is 13.5. The van der Waals surface area contributed by atoms with Crippen molar-refractivity contribution >= 4 is 38.9 Å². The molecule has 0 aliphatic carbocycles. The van der Waals surface area contributed by atoms with Crippen LogP contribution in [0.2, 0.25) is 4.34 Å². The minimum Gasteiger partial charge on any atom is -0.309 e. The summed E-state index contributed by atoms with van der Waals surface area (Å²) in [5, 5.41) is 3.52. The van der Waals surface area contributed by atoms with Crippen molar-refractivity contribution in [1.82, 2.24) is 5.32 Å². The lowest BCUT2D eigenvalue weighted by atomic mass is 9.98. The standard InChI is InChI=1S/C11H17BrClNS/c1-4-7(3)10(14-5-2)9-6-8(12)11(13)15-9/h6-7,10,14H,4-5H2,1-3H3. The summed E-state index contributed by atoms with van der Waals surface area (Å²) in [7, 11) is 0. The van der Waals surface area contributed by atoms with Crippen LogP contribution in [0.5, 0.6) is 0 Å². The summed E-state index contributed by atoms with van der Waals surface area (Å²) in [5.74, 6) is 0.631. The topological polar surface area (TPSA) is 12.0 Å². The van der Waals surface area contributed by atoms with Gasteiger partial charge in [-0.3, -0.25) is 0 Å². The zero-order valence-electron chi connectivity index (χ0n) is 9.31. The van der Waals surface area contributed by atoms with Gasteiger partial charge in [0.15, 0.2) is 0 Å². The van der Waals surface area contributed by atoms with Crippen molar-refractivity contribution in [2.75, 3.05) is 6.54 Å². The van der Waals surface area contributed by atoms with Crippen LogP contribution in [0.15, 0.2) is 10.5 Å². The van der Waals surface area contributed by atoms with Crippen LogP contribution >= 0.6 is 38.9 Å². The maximum atomic E-state index is 6.07. The summed E-state index contributed by atoms with van der Waals surface area (Å²) in [6.45, 7) is 7.62. The fourth-order valence-corrected chi connectivity index (χ4v) is 3.50. The zero-order valence-corrected chi connectivity index (χ0v) is 12.5. The maximum Gasteiger partial charge on any atom is 0.107 e. The molecule has 0 fully saturated rings. The molecule has 0 aromatic carbocycles. The van der Waals surface area contributed by atoms with E-state index in [0.29, 0.717) is 12.0 Å². The molecule has 1 N–H and O–H groups in total. The molecular weight excluding hydrogens is 294 g/mol. The molecule has 86 valence electrons. The Labute approximate surface area is 109 Å². The molecule has 0 saturated heterocycles. The van der Waals surface area contributed by atoms with Crippen molar-refractivity contribution < 1.29 is 0 Å². The Hall–Kier alpha value is 0.430. The molecule has 1 heterocycles. The number of nitrogens with one attached hydrogen (secondary N) is 1. The van der Waals surface area contributed by atoms with E-state index in [2.05, 4.69) is 48.1 Å². The maximum absolute atomic E-state index is 6.07. The van der Waals surface area contributed by atoms with Gasteiger partial charge in [0.2, 0.25) is 0 Å². The lowest BCUT2D eigenvalue weighted by molar-refractivity contribution is 0.389. The monoisotopic (exact) mass is 309 g/mol. The van der Waals surface area contributed by atoms with E-state index in [1.165, 1.54) is 11.3 Å². The van der Waals surface area contributed by atoms with Crippen molar-refractivity contribution in [3.8, 4) is 0 Å². The molecule has 0 amide bonds. The fraction of sp³-hybridized carbons (Fsp3) is 0.636. The van der Waals surface area contributed by atoms with Crippen LogP contribution in [0.1, 0.15) is 38.1 Å². The summed E-state index contributed by atoms with van der Waals surface area (Å²) in [6, 6.07) is 2.56. The highest BCUT2D eigenvalue weighted by Gasteiger charge is 2.19. The van der Waals surface area contributed by atoms with Crippen molar-refractivity contribution in [2.45, 2.75) is 33.2 Å². The molecule has 0 spiro atoms. The van der Waals surface area contributed by atoms with Crippen molar-refractivity contribution in [3.63, 3.8) is 0 Å². The highest BCUT2D eigenvalue weighted by Crippen LogP contribution is 2.37. The minimum atomic E-state index is 0.425. The molecule has 0 aliphatic rings. The van der Waals surface area contributed by atoms with Gasteiger partial charge in [-0.2, -0.15) is 0 Å². The van der Waals surface area contributed by atoms with Gasteiger partial charge in [-0.15, -0.1) is 11.3 Å². The van der Waals surface area contributed by atoms with Gasteiger partial charge in [0.25, 0.3) is 0 Å². The second-order valence-corrected chi connectivity index (χ2v) is 6.23. The Morgan fingerprint density at radius 2 is 2.20 bits per heavy atom. The SMILES string of the molecule is CCNC(c1cc(Br)c(Cl)s1)C(C)CC. The molecule has 0 bridgehead atoms. The van der Waals surface area contributed by atoms with Crippen LogP contribution in [-0.2, 0) is 0 Å². The average molecular weight is 311 g/mol. The second kappa shape index (κ2) is 6.24.